The third-order valence-corrected chi connectivity index (χ3v) is 13.9. The summed E-state index contributed by atoms with van der Waals surface area (Å²) in [5.74, 6) is 1.49. The molecular weight excluding hydrogens is 929 g/mol. The van der Waals surface area contributed by atoms with Crippen molar-refractivity contribution in [1.29, 1.82) is 0 Å². The van der Waals surface area contributed by atoms with E-state index in [4.69, 9.17) is 38.2 Å². The van der Waals surface area contributed by atoms with Gasteiger partial charge in [-0.05, 0) is 96.8 Å². The molecule has 0 radical (unpaired) electrons. The number of methoxy groups -OCH3 is 3. The molecule has 73 heavy (non-hydrogen) atoms. The van der Waals surface area contributed by atoms with Gasteiger partial charge in [0.05, 0.1) is 75.8 Å². The molecule has 16 heteroatoms. The van der Waals surface area contributed by atoms with Gasteiger partial charge in [0.15, 0.2) is 23.0 Å². The maximum atomic E-state index is 14.2. The van der Waals surface area contributed by atoms with E-state index in [1.54, 1.807) is 52.6 Å². The number of amides is 3. The molecule has 3 heterocycles. The van der Waals surface area contributed by atoms with Crippen LogP contribution in [0.1, 0.15) is 75.1 Å². The third-order valence-electron chi connectivity index (χ3n) is 13.9. The van der Waals surface area contributed by atoms with Crippen molar-refractivity contribution in [3.63, 3.8) is 0 Å². The fraction of sp³-hybridized carbons (Fsp3) is 0.404. The average Bonchev–Trinajstić information content (AvgIpc) is 3.98. The second-order valence-electron chi connectivity index (χ2n) is 18.6. The Labute approximate surface area is 427 Å². The number of para-hydroxylation sites is 2. The summed E-state index contributed by atoms with van der Waals surface area (Å²) in [4.78, 5) is 51.9. The number of ether oxygens (including phenoxy) is 7. The first-order valence-electron chi connectivity index (χ1n) is 25.3. The van der Waals surface area contributed by atoms with Crippen molar-refractivity contribution in [2.24, 2.45) is 4.99 Å². The minimum absolute atomic E-state index is 0.0594. The second kappa shape index (κ2) is 24.1. The van der Waals surface area contributed by atoms with Crippen molar-refractivity contribution in [1.82, 2.24) is 5.32 Å². The molecule has 384 valence electrons. The zero-order valence-corrected chi connectivity index (χ0v) is 42.3. The molecule has 1 aliphatic carbocycles. The molecule has 5 aromatic carbocycles. The monoisotopic (exact) mass is 994 g/mol. The number of hydrogen-bond acceptors (Lipinski definition) is 13. The van der Waals surface area contributed by atoms with Crippen molar-refractivity contribution in [2.75, 3.05) is 101 Å². The molecule has 0 saturated heterocycles. The summed E-state index contributed by atoms with van der Waals surface area (Å²) in [7, 11) is 6.55. The summed E-state index contributed by atoms with van der Waals surface area (Å²) < 4.78 is 41.7. The van der Waals surface area contributed by atoms with E-state index in [0.29, 0.717) is 117 Å². The van der Waals surface area contributed by atoms with Gasteiger partial charge in [0.1, 0.15) is 13.2 Å². The van der Waals surface area contributed by atoms with Gasteiger partial charge in [-0.3, -0.25) is 24.3 Å². The van der Waals surface area contributed by atoms with Crippen LogP contribution >= 0.6 is 0 Å². The average molecular weight is 995 g/mol. The van der Waals surface area contributed by atoms with Gasteiger partial charge in [-0.1, -0.05) is 36.4 Å². The van der Waals surface area contributed by atoms with E-state index in [1.807, 2.05) is 64.5 Å². The highest BCUT2D eigenvalue weighted by Gasteiger charge is 2.37. The van der Waals surface area contributed by atoms with Crippen LogP contribution < -0.4 is 44.3 Å². The Morgan fingerprint density at radius 2 is 1.44 bits per heavy atom. The quantitative estimate of drug-likeness (QED) is 0.0539. The lowest BCUT2D eigenvalue weighted by atomic mass is 9.93. The van der Waals surface area contributed by atoms with Crippen LogP contribution in [-0.4, -0.2) is 117 Å². The van der Waals surface area contributed by atoms with Crippen LogP contribution in [0.3, 0.4) is 0 Å². The van der Waals surface area contributed by atoms with Crippen molar-refractivity contribution in [3.05, 3.63) is 124 Å². The summed E-state index contributed by atoms with van der Waals surface area (Å²) in [5.41, 5.74) is 8.61. The number of nitrogens with zero attached hydrogens (tertiary/aromatic N) is 4. The molecule has 9 rings (SSSR count). The van der Waals surface area contributed by atoms with Gasteiger partial charge in [-0.25, -0.2) is 0 Å². The lowest BCUT2D eigenvalue weighted by molar-refractivity contribution is -0.122. The van der Waals surface area contributed by atoms with Crippen LogP contribution in [0.4, 0.5) is 28.4 Å². The summed E-state index contributed by atoms with van der Waals surface area (Å²) in [5, 5.41) is 6.39. The topological polar surface area (TPSA) is 162 Å². The smallest absolute Gasteiger partial charge is 0.261 e. The number of fused-ring (bicyclic) bond motifs is 5. The summed E-state index contributed by atoms with van der Waals surface area (Å²) in [6.45, 7) is 4.26. The van der Waals surface area contributed by atoms with E-state index in [2.05, 4.69) is 33.7 Å². The molecule has 5 aromatic rings. The molecule has 3 aliphatic heterocycles. The van der Waals surface area contributed by atoms with Gasteiger partial charge < -0.3 is 53.6 Å². The highest BCUT2D eigenvalue weighted by Crippen LogP contribution is 2.42. The first kappa shape index (κ1) is 50.8. The van der Waals surface area contributed by atoms with E-state index < -0.39 is 0 Å². The van der Waals surface area contributed by atoms with Gasteiger partial charge in [0.2, 0.25) is 5.91 Å². The highest BCUT2D eigenvalue weighted by atomic mass is 16.5. The Morgan fingerprint density at radius 3 is 2.15 bits per heavy atom. The molecule has 0 spiro atoms. The number of carbonyl (C=O) groups is 3. The van der Waals surface area contributed by atoms with Crippen molar-refractivity contribution in [2.45, 2.75) is 70.2 Å². The van der Waals surface area contributed by atoms with Crippen LogP contribution in [0.2, 0.25) is 0 Å². The lowest BCUT2D eigenvalue weighted by Gasteiger charge is -2.28. The number of anilines is 4. The zero-order valence-electron chi connectivity index (χ0n) is 42.3. The van der Waals surface area contributed by atoms with Crippen LogP contribution in [0.15, 0.2) is 96.0 Å². The lowest BCUT2D eigenvalue weighted by Crippen LogP contribution is -2.39. The van der Waals surface area contributed by atoms with Gasteiger partial charge >= 0.3 is 0 Å². The van der Waals surface area contributed by atoms with Crippen LogP contribution in [0.5, 0.6) is 23.0 Å². The molecule has 2 N–H and O–H groups in total. The third kappa shape index (κ3) is 11.9. The normalized spacial score (nSPS) is 15.4. The molecule has 1 fully saturated rings. The largest absolute Gasteiger partial charge is 0.493 e. The summed E-state index contributed by atoms with van der Waals surface area (Å²) >= 11 is 0. The van der Waals surface area contributed by atoms with Crippen LogP contribution in [0, 0.1) is 0 Å². The molecule has 0 bridgehead atoms. The van der Waals surface area contributed by atoms with Gasteiger partial charge in [-0.2, -0.15) is 0 Å². The molecule has 1 atom stereocenters. The Hall–Kier alpha value is -7.14. The van der Waals surface area contributed by atoms with Crippen molar-refractivity contribution in [3.8, 4) is 23.0 Å². The Balaban J connectivity index is 0.985. The molecule has 3 amide bonds. The number of benzene rings is 5. The van der Waals surface area contributed by atoms with Gasteiger partial charge in [0.25, 0.3) is 11.8 Å². The molecule has 1 saturated carbocycles. The standard InChI is InChI=1S/C57H66N6O10/c1-58-47-33-53(51(68-3)31-45(47)56(65)62-20-18-40-11-5-7-15-49(40)62)72-36-38-27-39(29-43(28-38)61(21-22-70-25-26-71-24-23-67-2)19-10-17-55(64)60-42-13-9-14-42)37-73-54-34-48-46(32-52(54)69-4)57(66)63-44(35-59-48)30-41-12-6-8-16-50(41)63/h5-8,11-12,15-16,27-29,31-35,42,44,58H,9-10,13-14,17-26,30,36-37H2,1-4H3,(H,60,64). The molecule has 1 unspecified atom stereocenters. The van der Waals surface area contributed by atoms with Crippen LogP contribution in [-0.2, 0) is 45.1 Å². The minimum Gasteiger partial charge on any atom is -0.493 e. The molecular formula is C57H66N6O10. The number of hydrogen-bond donors (Lipinski definition) is 2. The fourth-order valence-electron chi connectivity index (χ4n) is 9.81. The number of nitrogens with one attached hydrogen (secondary N) is 2. The Bertz CT molecular complexity index is 2800. The second-order valence-corrected chi connectivity index (χ2v) is 18.6. The van der Waals surface area contributed by atoms with Crippen molar-refractivity contribution < 1.29 is 47.5 Å². The molecule has 0 aromatic heterocycles. The van der Waals surface area contributed by atoms with E-state index in [9.17, 15) is 14.4 Å². The van der Waals surface area contributed by atoms with Gasteiger partial charge in [-0.15, -0.1) is 0 Å². The molecule has 16 nitrogen and oxygen atoms in total. The Morgan fingerprint density at radius 1 is 0.753 bits per heavy atom. The first-order valence-corrected chi connectivity index (χ1v) is 25.3. The zero-order chi connectivity index (χ0) is 50.7. The van der Waals surface area contributed by atoms with E-state index >= 15 is 0 Å². The number of rotatable bonds is 25. The van der Waals surface area contributed by atoms with E-state index in [-0.39, 0.29) is 43.0 Å². The maximum Gasteiger partial charge on any atom is 0.261 e. The fourth-order valence-corrected chi connectivity index (χ4v) is 9.81. The SMILES string of the molecule is CNc1cc(OCc2cc(COc3cc4c(cc3OC)C(=O)N3c5ccccc5CC3C=N4)cc(N(CCCC(=O)NC3CCC3)CCOCCOCCOC)c2)c(OC)cc1C(=O)N1CCc2ccccc21. The Kier molecular flexibility index (Phi) is 16.7. The van der Waals surface area contributed by atoms with Crippen molar-refractivity contribution >= 4 is 52.4 Å². The number of aliphatic imine (C=N–C) groups is 1. The maximum absolute atomic E-state index is 14.2. The van der Waals surface area contributed by atoms with Gasteiger partial charge in [0, 0.05) is 88.1 Å². The minimum atomic E-state index is -0.200. The first-order chi connectivity index (χ1) is 35.7. The summed E-state index contributed by atoms with van der Waals surface area (Å²) in [6.07, 6.45) is 7.53. The number of carbonyl (C=O) groups excluding carboxylic acids is 3. The summed E-state index contributed by atoms with van der Waals surface area (Å²) in [6, 6.07) is 29.2. The van der Waals surface area contributed by atoms with Crippen LogP contribution in [0.25, 0.3) is 0 Å². The van der Waals surface area contributed by atoms with E-state index in [0.717, 1.165) is 65.0 Å². The molecule has 4 aliphatic rings. The predicted molar refractivity (Wildman–Crippen MR) is 282 cm³/mol. The highest BCUT2D eigenvalue weighted by molar-refractivity contribution is 6.15. The predicted octanol–water partition coefficient (Wildman–Crippen LogP) is 8.33. The van der Waals surface area contributed by atoms with E-state index in [1.165, 1.54) is 0 Å².